The van der Waals surface area contributed by atoms with Crippen LogP contribution in [0.2, 0.25) is 0 Å². The summed E-state index contributed by atoms with van der Waals surface area (Å²) in [6, 6.07) is 8.66. The highest BCUT2D eigenvalue weighted by Gasteiger charge is 2.40. The van der Waals surface area contributed by atoms with Crippen LogP contribution in [0.3, 0.4) is 0 Å². The third-order valence-electron chi connectivity index (χ3n) is 6.76. The van der Waals surface area contributed by atoms with E-state index < -0.39 is 54.0 Å². The lowest BCUT2D eigenvalue weighted by Crippen LogP contribution is -2.48. The van der Waals surface area contributed by atoms with Gasteiger partial charge >= 0.3 is 17.9 Å². The fraction of sp³-hybridized carbons (Fsp3) is 0.345. The number of aromatic nitrogens is 2. The minimum atomic E-state index is -2.74. The second-order valence-corrected chi connectivity index (χ2v) is 10.1. The Kier molecular flexibility index (Phi) is 11.5. The van der Waals surface area contributed by atoms with Crippen LogP contribution < -0.4 is 15.4 Å². The van der Waals surface area contributed by atoms with Crippen LogP contribution in [0, 0.1) is 11.6 Å². The van der Waals surface area contributed by atoms with E-state index in [2.05, 4.69) is 21.7 Å². The minimum absolute atomic E-state index is 0.125. The Hall–Kier alpha value is -4.89. The maximum atomic E-state index is 13.7. The highest BCUT2D eigenvalue weighted by atomic mass is 19.1. The molecule has 0 spiro atoms. The van der Waals surface area contributed by atoms with Crippen molar-refractivity contribution in [3.63, 3.8) is 0 Å². The number of hydrogen-bond acceptors (Lipinski definition) is 8. The second-order valence-electron chi connectivity index (χ2n) is 10.1. The van der Waals surface area contributed by atoms with Gasteiger partial charge in [-0.1, -0.05) is 6.07 Å². The molecule has 3 aromatic rings. The van der Waals surface area contributed by atoms with Gasteiger partial charge in [0.05, 0.1) is 38.9 Å². The molecule has 13 nitrogen and oxygen atoms in total. The number of piperidine rings is 1. The number of carboxylic acids is 3. The summed E-state index contributed by atoms with van der Waals surface area (Å²) in [5.74, 6) is -5.68. The smallest absolute Gasteiger partial charge is 0.336 e. The molecule has 2 atom stereocenters. The van der Waals surface area contributed by atoms with Crippen molar-refractivity contribution in [2.75, 3.05) is 7.11 Å². The Morgan fingerprint density at radius 3 is 2.30 bits per heavy atom. The predicted molar refractivity (Wildman–Crippen MR) is 149 cm³/mol. The largest absolute Gasteiger partial charge is 0.496 e. The van der Waals surface area contributed by atoms with Crippen LogP contribution in [0.1, 0.15) is 48.4 Å². The van der Waals surface area contributed by atoms with E-state index in [0.717, 1.165) is 22.9 Å². The number of aliphatic carboxylic acids is 3. The van der Waals surface area contributed by atoms with Gasteiger partial charge in [0, 0.05) is 43.0 Å². The van der Waals surface area contributed by atoms with Gasteiger partial charge in [0.1, 0.15) is 17.4 Å². The Morgan fingerprint density at radius 2 is 1.75 bits per heavy atom. The van der Waals surface area contributed by atoms with E-state index in [1.807, 2.05) is 22.9 Å². The third-order valence-corrected chi connectivity index (χ3v) is 6.76. The fourth-order valence-corrected chi connectivity index (χ4v) is 4.70. The number of carboxylic acid groups (broad SMARTS) is 3. The maximum Gasteiger partial charge on any atom is 0.336 e. The second kappa shape index (κ2) is 15.0. The summed E-state index contributed by atoms with van der Waals surface area (Å²) in [7, 11) is 1.64. The first kappa shape index (κ1) is 33.6. The molecule has 0 aliphatic carbocycles. The number of carbonyl (C=O) groups excluding carboxylic acids is 1. The molecule has 0 bridgehead atoms. The van der Waals surface area contributed by atoms with Crippen LogP contribution in [0.4, 0.5) is 8.78 Å². The number of hydrogen-bond donors (Lipinski definition) is 6. The van der Waals surface area contributed by atoms with E-state index >= 15 is 0 Å². The summed E-state index contributed by atoms with van der Waals surface area (Å²) in [6.45, 7) is 1.16. The number of nitrogens with one attached hydrogen (secondary N) is 2. The van der Waals surface area contributed by atoms with E-state index in [1.54, 1.807) is 19.6 Å². The van der Waals surface area contributed by atoms with E-state index in [-0.39, 0.29) is 11.9 Å². The summed E-state index contributed by atoms with van der Waals surface area (Å²) in [5.41, 5.74) is -0.270. The standard InChI is InChI=1S/C23H24F2N4O2.C6H8O7/c1-31-21-4-2-15(8-17(21)13-29-7-6-26-14-29)12-27-20-3-5-22(30)28-23(20)16-9-18(24)11-19(25)10-16;7-3(8)1-6(13,5(11)12)2-4(9)10/h2,4,6-11,14,20,23,27H,3,5,12-13H2,1H3,(H,28,30);13H,1-2H2,(H,7,8)(H,9,10)(H,11,12)/t20-,23+;/m1./s1. The van der Waals surface area contributed by atoms with Crippen molar-refractivity contribution in [1.82, 2.24) is 20.2 Å². The number of halogens is 2. The molecule has 0 unspecified atom stereocenters. The van der Waals surface area contributed by atoms with Gasteiger partial charge in [-0.2, -0.15) is 0 Å². The highest BCUT2D eigenvalue weighted by molar-refractivity contribution is 5.88. The van der Waals surface area contributed by atoms with Crippen molar-refractivity contribution in [2.24, 2.45) is 0 Å². The molecule has 1 aromatic heterocycles. The van der Waals surface area contributed by atoms with Gasteiger partial charge in [0.25, 0.3) is 0 Å². The van der Waals surface area contributed by atoms with Gasteiger partial charge in [-0.05, 0) is 41.8 Å². The van der Waals surface area contributed by atoms with Gasteiger partial charge < -0.3 is 40.4 Å². The molecule has 44 heavy (non-hydrogen) atoms. The highest BCUT2D eigenvalue weighted by Crippen LogP contribution is 2.27. The van der Waals surface area contributed by atoms with Gasteiger partial charge in [0.15, 0.2) is 5.60 Å². The number of carbonyl (C=O) groups is 4. The fourth-order valence-electron chi connectivity index (χ4n) is 4.70. The number of ether oxygens (including phenoxy) is 1. The lowest BCUT2D eigenvalue weighted by atomic mass is 9.91. The van der Waals surface area contributed by atoms with E-state index in [4.69, 9.17) is 25.2 Å². The van der Waals surface area contributed by atoms with Crippen molar-refractivity contribution in [2.45, 2.75) is 56.5 Å². The van der Waals surface area contributed by atoms with Crippen molar-refractivity contribution in [1.29, 1.82) is 0 Å². The molecule has 1 aliphatic rings. The zero-order chi connectivity index (χ0) is 32.4. The summed E-state index contributed by atoms with van der Waals surface area (Å²) >= 11 is 0. The molecule has 6 N–H and O–H groups in total. The van der Waals surface area contributed by atoms with Gasteiger partial charge in [-0.25, -0.2) is 18.6 Å². The summed E-state index contributed by atoms with van der Waals surface area (Å²) in [5, 5.41) is 40.1. The maximum absolute atomic E-state index is 13.7. The molecule has 15 heteroatoms. The van der Waals surface area contributed by atoms with E-state index in [1.165, 1.54) is 12.1 Å². The molecular formula is C29H32F2N4O9. The molecule has 2 aromatic carbocycles. The van der Waals surface area contributed by atoms with E-state index in [9.17, 15) is 28.0 Å². The number of aliphatic hydroxyl groups is 1. The first-order valence-corrected chi connectivity index (χ1v) is 13.3. The molecule has 1 amide bonds. The number of benzene rings is 2. The van der Waals surface area contributed by atoms with Crippen LogP contribution in [-0.2, 0) is 32.3 Å². The Morgan fingerprint density at radius 1 is 1.09 bits per heavy atom. The number of nitrogens with zero attached hydrogens (tertiary/aromatic N) is 2. The van der Waals surface area contributed by atoms with Crippen molar-refractivity contribution in [3.05, 3.63) is 83.4 Å². The van der Waals surface area contributed by atoms with Crippen molar-refractivity contribution in [3.8, 4) is 5.75 Å². The van der Waals surface area contributed by atoms with E-state index in [0.29, 0.717) is 31.5 Å². The summed E-state index contributed by atoms with van der Waals surface area (Å²) in [6.07, 6.45) is 4.01. The van der Waals surface area contributed by atoms with Crippen LogP contribution in [0.5, 0.6) is 5.75 Å². The quantitative estimate of drug-likeness (QED) is 0.174. The summed E-state index contributed by atoms with van der Waals surface area (Å²) < 4.78 is 34.9. The van der Waals surface area contributed by atoms with Crippen LogP contribution in [0.25, 0.3) is 0 Å². The van der Waals surface area contributed by atoms with Crippen molar-refractivity contribution < 1.29 is 53.1 Å². The molecule has 4 rings (SSSR count). The third kappa shape index (κ3) is 9.57. The number of amides is 1. The van der Waals surface area contributed by atoms with Crippen LogP contribution in [-0.4, -0.2) is 72.5 Å². The average Bonchev–Trinajstić information content (AvgIpc) is 3.44. The lowest BCUT2D eigenvalue weighted by Gasteiger charge is -2.33. The topological polar surface area (TPSA) is 200 Å². The number of methoxy groups -OCH3 is 1. The average molecular weight is 619 g/mol. The van der Waals surface area contributed by atoms with Gasteiger partial charge in [0.2, 0.25) is 5.91 Å². The van der Waals surface area contributed by atoms with Crippen LogP contribution in [0.15, 0.2) is 55.1 Å². The van der Waals surface area contributed by atoms with Crippen molar-refractivity contribution >= 4 is 23.8 Å². The molecule has 236 valence electrons. The molecule has 1 fully saturated rings. The van der Waals surface area contributed by atoms with Gasteiger partial charge in [-0.3, -0.25) is 14.4 Å². The number of rotatable bonds is 12. The molecular weight excluding hydrogens is 586 g/mol. The predicted octanol–water partition coefficient (Wildman–Crippen LogP) is 2.08. The Labute approximate surface area is 250 Å². The molecule has 2 heterocycles. The number of imidazole rings is 1. The molecule has 0 saturated carbocycles. The Bertz CT molecular complexity index is 1450. The first-order chi connectivity index (χ1) is 20.8. The monoisotopic (exact) mass is 618 g/mol. The van der Waals surface area contributed by atoms with Crippen LogP contribution >= 0.6 is 0 Å². The zero-order valence-corrected chi connectivity index (χ0v) is 23.6. The Balaban J connectivity index is 0.000000345. The minimum Gasteiger partial charge on any atom is -0.496 e. The molecule has 1 aliphatic heterocycles. The van der Waals surface area contributed by atoms with Gasteiger partial charge in [-0.15, -0.1) is 0 Å². The SMILES string of the molecule is COc1ccc(CN[C@@H]2CCC(=O)N[C@H]2c2cc(F)cc(F)c2)cc1Cn1ccnc1.O=C(O)CC(O)(CC(=O)O)C(=O)O. The summed E-state index contributed by atoms with van der Waals surface area (Å²) in [4.78, 5) is 46.5. The lowest BCUT2D eigenvalue weighted by molar-refractivity contribution is -0.170. The molecule has 0 radical (unpaired) electrons. The molecule has 1 saturated heterocycles. The zero-order valence-electron chi connectivity index (χ0n) is 23.6. The normalized spacial score (nSPS) is 16.3. The first-order valence-electron chi connectivity index (χ1n) is 13.3.